The Hall–Kier alpha value is -0.200. The van der Waals surface area contributed by atoms with Crippen LogP contribution in [-0.4, -0.2) is 96.5 Å². The van der Waals surface area contributed by atoms with Gasteiger partial charge in [0.05, 0.1) is 24.4 Å². The number of nitrogens with zero attached hydrogens (tertiary/aromatic N) is 3. The number of hydrogen-bond donors (Lipinski definition) is 0. The van der Waals surface area contributed by atoms with Crippen LogP contribution in [0.25, 0.3) is 0 Å². The highest BCUT2D eigenvalue weighted by Gasteiger charge is 2.34. The van der Waals surface area contributed by atoms with Gasteiger partial charge in [-0.15, -0.1) is 0 Å². The number of likely N-dealkylation sites (tertiary alicyclic amines) is 1. The lowest BCUT2D eigenvalue weighted by atomic mass is 9.91. The summed E-state index contributed by atoms with van der Waals surface area (Å²) in [7, 11) is 0. The van der Waals surface area contributed by atoms with Crippen LogP contribution in [0.5, 0.6) is 0 Å². The van der Waals surface area contributed by atoms with Crippen molar-refractivity contribution in [1.29, 1.82) is 0 Å². The van der Waals surface area contributed by atoms with Crippen molar-refractivity contribution in [1.82, 2.24) is 14.7 Å². The Labute approximate surface area is 173 Å². The first-order valence-electron chi connectivity index (χ1n) is 11.6. The summed E-state index contributed by atoms with van der Waals surface area (Å²) in [4.78, 5) is 7.98. The van der Waals surface area contributed by atoms with E-state index in [1.54, 1.807) is 0 Å². The topological polar surface area (TPSA) is 28.2 Å². The zero-order chi connectivity index (χ0) is 20.4. The largest absolute Gasteiger partial charge is 0.377 e. The molecule has 1 saturated carbocycles. The molecule has 5 nitrogen and oxygen atoms in total. The molecule has 0 amide bonds. The van der Waals surface area contributed by atoms with Gasteiger partial charge in [-0.05, 0) is 67.2 Å². The van der Waals surface area contributed by atoms with Crippen LogP contribution < -0.4 is 0 Å². The van der Waals surface area contributed by atoms with Gasteiger partial charge in [0.25, 0.3) is 0 Å². The lowest BCUT2D eigenvalue weighted by Gasteiger charge is -2.46. The highest BCUT2D eigenvalue weighted by molar-refractivity contribution is 4.88. The van der Waals surface area contributed by atoms with E-state index < -0.39 is 0 Å². The van der Waals surface area contributed by atoms with Crippen molar-refractivity contribution < 1.29 is 9.47 Å². The molecule has 0 aromatic rings. The number of piperidine rings is 1. The molecule has 0 aromatic heterocycles. The van der Waals surface area contributed by atoms with Crippen LogP contribution in [0.15, 0.2) is 0 Å². The molecule has 1 aliphatic carbocycles. The summed E-state index contributed by atoms with van der Waals surface area (Å²) in [6, 6.07) is 0.798. The molecule has 3 fully saturated rings. The lowest BCUT2D eigenvalue weighted by Crippen LogP contribution is -2.55. The van der Waals surface area contributed by atoms with E-state index in [-0.39, 0.29) is 5.60 Å². The van der Waals surface area contributed by atoms with Gasteiger partial charge in [-0.1, -0.05) is 0 Å². The van der Waals surface area contributed by atoms with Gasteiger partial charge in [-0.2, -0.15) is 0 Å². The van der Waals surface area contributed by atoms with Crippen LogP contribution in [0, 0.1) is 0 Å². The Kier molecular flexibility index (Phi) is 7.47. The minimum atomic E-state index is -0.0291. The van der Waals surface area contributed by atoms with E-state index in [4.69, 9.17) is 9.47 Å². The molecule has 0 spiro atoms. The minimum Gasteiger partial charge on any atom is -0.377 e. The summed E-state index contributed by atoms with van der Waals surface area (Å²) in [5, 5.41) is 0. The molecule has 2 heterocycles. The average Bonchev–Trinajstić information content (AvgIpc) is 2.58. The van der Waals surface area contributed by atoms with Gasteiger partial charge in [0, 0.05) is 57.4 Å². The Bertz CT molecular complexity index is 463. The van der Waals surface area contributed by atoms with E-state index in [1.165, 1.54) is 52.1 Å². The smallest absolute Gasteiger partial charge is 0.0631 e. The molecule has 0 bridgehead atoms. The second kappa shape index (κ2) is 9.30. The van der Waals surface area contributed by atoms with Crippen LogP contribution in [0.1, 0.15) is 67.2 Å². The average molecular weight is 396 g/mol. The standard InChI is InChI=1S/C23H45N3O2/c1-22(2,3)26-9-7-19(8-10-26)25-13-11-24(12-14-25)15-16-27-20-17-21(18-20)28-23(4,5)6/h19-21H,7-18H2,1-6H3/t20-,21-. The molecule has 2 saturated heterocycles. The molecule has 2 aliphatic heterocycles. The molecule has 5 heteroatoms. The maximum atomic E-state index is 6.07. The Balaban J connectivity index is 1.25. The molecule has 0 unspecified atom stereocenters. The molecular weight excluding hydrogens is 350 g/mol. The fourth-order valence-electron chi connectivity index (χ4n) is 4.85. The predicted octanol–water partition coefficient (Wildman–Crippen LogP) is 3.23. The van der Waals surface area contributed by atoms with Crippen molar-refractivity contribution in [2.24, 2.45) is 0 Å². The van der Waals surface area contributed by atoms with Gasteiger partial charge in [0.1, 0.15) is 0 Å². The van der Waals surface area contributed by atoms with E-state index >= 15 is 0 Å². The molecule has 164 valence electrons. The summed E-state index contributed by atoms with van der Waals surface area (Å²) in [6.45, 7) is 22.7. The SMILES string of the molecule is CC(C)(C)O[C@H]1C[C@H](OCCN2CCN(C3CCN(C(C)(C)C)CC3)CC2)C1. The molecule has 0 atom stereocenters. The summed E-state index contributed by atoms with van der Waals surface area (Å²) >= 11 is 0. The third-order valence-corrected chi connectivity index (χ3v) is 6.67. The zero-order valence-electron chi connectivity index (χ0n) is 19.4. The first kappa shape index (κ1) is 22.5. The number of hydrogen-bond acceptors (Lipinski definition) is 5. The van der Waals surface area contributed by atoms with Crippen molar-refractivity contribution in [3.8, 4) is 0 Å². The lowest BCUT2D eigenvalue weighted by molar-refractivity contribution is -0.149. The van der Waals surface area contributed by atoms with Crippen molar-refractivity contribution in [2.45, 2.75) is 96.6 Å². The number of piperazine rings is 1. The van der Waals surface area contributed by atoms with Crippen LogP contribution in [0.2, 0.25) is 0 Å². The summed E-state index contributed by atoms with van der Waals surface area (Å²) < 4.78 is 12.1. The molecular formula is C23H45N3O2. The van der Waals surface area contributed by atoms with Crippen LogP contribution >= 0.6 is 0 Å². The minimum absolute atomic E-state index is 0.0291. The van der Waals surface area contributed by atoms with Crippen molar-refractivity contribution in [3.63, 3.8) is 0 Å². The van der Waals surface area contributed by atoms with Crippen LogP contribution in [0.4, 0.5) is 0 Å². The molecule has 0 radical (unpaired) electrons. The van der Waals surface area contributed by atoms with Crippen molar-refractivity contribution in [3.05, 3.63) is 0 Å². The predicted molar refractivity (Wildman–Crippen MR) is 116 cm³/mol. The van der Waals surface area contributed by atoms with E-state index in [0.717, 1.165) is 32.0 Å². The van der Waals surface area contributed by atoms with Gasteiger partial charge in [-0.25, -0.2) is 0 Å². The molecule has 3 rings (SSSR count). The van der Waals surface area contributed by atoms with Crippen molar-refractivity contribution in [2.75, 3.05) is 52.4 Å². The van der Waals surface area contributed by atoms with Crippen LogP contribution in [0.3, 0.4) is 0 Å². The van der Waals surface area contributed by atoms with Crippen LogP contribution in [-0.2, 0) is 9.47 Å². The maximum absolute atomic E-state index is 6.07. The fraction of sp³-hybridized carbons (Fsp3) is 1.00. The first-order valence-corrected chi connectivity index (χ1v) is 11.6. The molecule has 0 N–H and O–H groups in total. The zero-order valence-corrected chi connectivity index (χ0v) is 19.4. The van der Waals surface area contributed by atoms with Gasteiger partial charge >= 0.3 is 0 Å². The summed E-state index contributed by atoms with van der Waals surface area (Å²) in [6.07, 6.45) is 5.62. The highest BCUT2D eigenvalue weighted by Crippen LogP contribution is 2.30. The third-order valence-electron chi connectivity index (χ3n) is 6.67. The first-order chi connectivity index (χ1) is 13.1. The van der Waals surface area contributed by atoms with Gasteiger partial charge < -0.3 is 9.47 Å². The monoisotopic (exact) mass is 395 g/mol. The quantitative estimate of drug-likeness (QED) is 0.688. The molecule has 0 aromatic carbocycles. The number of ether oxygens (including phenoxy) is 2. The van der Waals surface area contributed by atoms with Crippen molar-refractivity contribution >= 4 is 0 Å². The maximum Gasteiger partial charge on any atom is 0.0631 e. The normalized spacial score (nSPS) is 29.8. The molecule has 28 heavy (non-hydrogen) atoms. The second-order valence-electron chi connectivity index (χ2n) is 11.1. The number of rotatable bonds is 6. The van der Waals surface area contributed by atoms with E-state index in [1.807, 2.05) is 0 Å². The van der Waals surface area contributed by atoms with Gasteiger partial charge in [0.15, 0.2) is 0 Å². The Morgan fingerprint density at radius 2 is 1.39 bits per heavy atom. The second-order valence-corrected chi connectivity index (χ2v) is 11.1. The highest BCUT2D eigenvalue weighted by atomic mass is 16.5. The summed E-state index contributed by atoms with van der Waals surface area (Å²) in [5.41, 5.74) is 0.293. The Morgan fingerprint density at radius 1 is 0.786 bits per heavy atom. The Morgan fingerprint density at radius 3 is 1.93 bits per heavy atom. The summed E-state index contributed by atoms with van der Waals surface area (Å²) in [5.74, 6) is 0. The fourth-order valence-corrected chi connectivity index (χ4v) is 4.85. The van der Waals surface area contributed by atoms with E-state index in [2.05, 4.69) is 56.2 Å². The third kappa shape index (κ3) is 6.66. The van der Waals surface area contributed by atoms with E-state index in [9.17, 15) is 0 Å². The van der Waals surface area contributed by atoms with E-state index in [0.29, 0.717) is 17.7 Å². The van der Waals surface area contributed by atoms with Gasteiger partial charge in [-0.3, -0.25) is 14.7 Å². The molecule has 3 aliphatic rings. The van der Waals surface area contributed by atoms with Gasteiger partial charge in [0.2, 0.25) is 0 Å².